The van der Waals surface area contributed by atoms with Crippen molar-refractivity contribution in [1.29, 1.82) is 0 Å². The lowest BCUT2D eigenvalue weighted by Gasteiger charge is -2.09. The number of para-hydroxylation sites is 2. The average molecular weight is 261 g/mol. The number of thioether (sulfide) groups is 1. The number of aromatic nitrogens is 2. The second-order valence-electron chi connectivity index (χ2n) is 4.84. The summed E-state index contributed by atoms with van der Waals surface area (Å²) in [6, 6.07) is 8.31. The van der Waals surface area contributed by atoms with E-state index in [1.165, 1.54) is 24.1 Å². The normalized spacial score (nSPS) is 19.7. The summed E-state index contributed by atoms with van der Waals surface area (Å²) >= 11 is 2.10. The number of hydrogen-bond donors (Lipinski definition) is 1. The summed E-state index contributed by atoms with van der Waals surface area (Å²) in [7, 11) is 2.09. The Hall–Kier alpha value is -1.00. The van der Waals surface area contributed by atoms with Gasteiger partial charge in [-0.2, -0.15) is 11.8 Å². The van der Waals surface area contributed by atoms with Gasteiger partial charge in [-0.05, 0) is 30.7 Å². The number of imidazole rings is 1. The fraction of sp³-hybridized carbons (Fsp3) is 0.500. The Balaban J connectivity index is 1.65. The molecule has 0 radical (unpaired) electrons. The number of nitrogens with one attached hydrogen (secondary N) is 1. The van der Waals surface area contributed by atoms with E-state index >= 15 is 0 Å². The lowest BCUT2D eigenvalue weighted by molar-refractivity contribution is 0.616. The zero-order chi connectivity index (χ0) is 12.4. The molecule has 0 amide bonds. The zero-order valence-corrected chi connectivity index (χ0v) is 11.5. The Bertz CT molecular complexity index is 529. The highest BCUT2D eigenvalue weighted by Crippen LogP contribution is 2.25. The molecule has 1 N–H and O–H groups in total. The van der Waals surface area contributed by atoms with Crippen LogP contribution in [0.25, 0.3) is 11.0 Å². The molecule has 3 nitrogen and oxygen atoms in total. The molecule has 2 heterocycles. The van der Waals surface area contributed by atoms with Crippen molar-refractivity contribution < 1.29 is 0 Å². The average Bonchev–Trinajstić information content (AvgIpc) is 3.00. The fourth-order valence-electron chi connectivity index (χ4n) is 2.50. The monoisotopic (exact) mass is 261 g/mol. The van der Waals surface area contributed by atoms with Crippen LogP contribution in [0.4, 0.5) is 0 Å². The Morgan fingerprint density at radius 2 is 2.33 bits per heavy atom. The van der Waals surface area contributed by atoms with Crippen molar-refractivity contribution in [3.63, 3.8) is 0 Å². The van der Waals surface area contributed by atoms with Crippen LogP contribution in [0.5, 0.6) is 0 Å². The van der Waals surface area contributed by atoms with Crippen molar-refractivity contribution in [3.8, 4) is 0 Å². The number of nitrogens with zero attached hydrogens (tertiary/aromatic N) is 2. The molecule has 18 heavy (non-hydrogen) atoms. The molecule has 1 aromatic heterocycles. The summed E-state index contributed by atoms with van der Waals surface area (Å²) in [5, 5.41) is 4.35. The molecule has 0 saturated carbocycles. The molecule has 0 spiro atoms. The predicted octanol–water partition coefficient (Wildman–Crippen LogP) is 2.56. The first kappa shape index (κ1) is 12.1. The SMILES string of the molecule is Cn1c(CNCC2CCCS2)nc2ccccc21. The van der Waals surface area contributed by atoms with Gasteiger partial charge < -0.3 is 9.88 Å². The maximum absolute atomic E-state index is 4.67. The Morgan fingerprint density at radius 3 is 3.11 bits per heavy atom. The maximum atomic E-state index is 4.67. The highest BCUT2D eigenvalue weighted by atomic mass is 32.2. The van der Waals surface area contributed by atoms with Crippen LogP contribution in [0.2, 0.25) is 0 Å². The topological polar surface area (TPSA) is 29.9 Å². The summed E-state index contributed by atoms with van der Waals surface area (Å²) in [4.78, 5) is 4.67. The number of hydrogen-bond acceptors (Lipinski definition) is 3. The van der Waals surface area contributed by atoms with Crippen LogP contribution in [0, 0.1) is 0 Å². The molecule has 4 heteroatoms. The highest BCUT2D eigenvalue weighted by Gasteiger charge is 2.15. The van der Waals surface area contributed by atoms with Gasteiger partial charge in [-0.1, -0.05) is 12.1 Å². The number of aryl methyl sites for hydroxylation is 1. The first-order valence-electron chi connectivity index (χ1n) is 6.57. The minimum Gasteiger partial charge on any atom is -0.330 e. The molecule has 0 aliphatic carbocycles. The predicted molar refractivity (Wildman–Crippen MR) is 77.9 cm³/mol. The van der Waals surface area contributed by atoms with Crippen LogP contribution >= 0.6 is 11.8 Å². The maximum Gasteiger partial charge on any atom is 0.123 e. The third kappa shape index (κ3) is 2.40. The van der Waals surface area contributed by atoms with Crippen molar-refractivity contribution in [2.24, 2.45) is 7.05 Å². The quantitative estimate of drug-likeness (QED) is 0.917. The molecule has 1 aliphatic rings. The summed E-state index contributed by atoms with van der Waals surface area (Å²) in [6.45, 7) is 1.97. The molecule has 2 aromatic rings. The third-order valence-corrected chi connectivity index (χ3v) is 4.96. The van der Waals surface area contributed by atoms with Crippen LogP contribution < -0.4 is 5.32 Å². The Labute approximate surface area is 112 Å². The molecule has 1 unspecified atom stereocenters. The van der Waals surface area contributed by atoms with Crippen molar-refractivity contribution in [2.75, 3.05) is 12.3 Å². The molecule has 1 aromatic carbocycles. The summed E-state index contributed by atoms with van der Waals surface area (Å²) in [5.74, 6) is 2.46. The van der Waals surface area contributed by atoms with Gasteiger partial charge in [-0.15, -0.1) is 0 Å². The molecule has 96 valence electrons. The molecule has 0 bridgehead atoms. The van der Waals surface area contributed by atoms with E-state index in [2.05, 4.69) is 51.9 Å². The zero-order valence-electron chi connectivity index (χ0n) is 10.7. The van der Waals surface area contributed by atoms with Crippen molar-refractivity contribution >= 4 is 22.8 Å². The Morgan fingerprint density at radius 1 is 1.44 bits per heavy atom. The standard InChI is InChI=1S/C14H19N3S/c1-17-13-7-3-2-6-12(13)16-14(17)10-15-9-11-5-4-8-18-11/h2-3,6-7,11,15H,4-5,8-10H2,1H3. The second-order valence-corrected chi connectivity index (χ2v) is 6.25. The molecular weight excluding hydrogens is 242 g/mol. The van der Waals surface area contributed by atoms with Crippen molar-refractivity contribution in [3.05, 3.63) is 30.1 Å². The molecule has 1 aliphatic heterocycles. The van der Waals surface area contributed by atoms with Gasteiger partial charge in [0.25, 0.3) is 0 Å². The van der Waals surface area contributed by atoms with E-state index in [4.69, 9.17) is 0 Å². The summed E-state index contributed by atoms with van der Waals surface area (Å²) in [5.41, 5.74) is 2.30. The number of fused-ring (bicyclic) bond motifs is 1. The van der Waals surface area contributed by atoms with E-state index in [0.717, 1.165) is 29.7 Å². The minimum absolute atomic E-state index is 0.805. The first-order valence-corrected chi connectivity index (χ1v) is 7.62. The first-order chi connectivity index (χ1) is 8.84. The van der Waals surface area contributed by atoms with Gasteiger partial charge >= 0.3 is 0 Å². The minimum atomic E-state index is 0.805. The van der Waals surface area contributed by atoms with Crippen LogP contribution in [0.3, 0.4) is 0 Å². The van der Waals surface area contributed by atoms with E-state index in [1.54, 1.807) is 0 Å². The molecule has 1 saturated heterocycles. The molecule has 3 rings (SSSR count). The van der Waals surface area contributed by atoms with Crippen LogP contribution in [0.15, 0.2) is 24.3 Å². The lowest BCUT2D eigenvalue weighted by Crippen LogP contribution is -2.24. The molecular formula is C14H19N3S. The van der Waals surface area contributed by atoms with Crippen molar-refractivity contribution in [2.45, 2.75) is 24.6 Å². The second kappa shape index (κ2) is 5.33. The van der Waals surface area contributed by atoms with E-state index < -0.39 is 0 Å². The van der Waals surface area contributed by atoms with Crippen LogP contribution in [0.1, 0.15) is 18.7 Å². The van der Waals surface area contributed by atoms with Gasteiger partial charge in [-0.3, -0.25) is 0 Å². The van der Waals surface area contributed by atoms with Crippen LogP contribution in [-0.2, 0) is 13.6 Å². The number of benzene rings is 1. The number of rotatable bonds is 4. The van der Waals surface area contributed by atoms with E-state index in [-0.39, 0.29) is 0 Å². The van der Waals surface area contributed by atoms with Gasteiger partial charge in [0.15, 0.2) is 0 Å². The molecule has 1 atom stereocenters. The fourth-order valence-corrected chi connectivity index (χ4v) is 3.74. The van der Waals surface area contributed by atoms with E-state index in [9.17, 15) is 0 Å². The van der Waals surface area contributed by atoms with Gasteiger partial charge in [0.2, 0.25) is 0 Å². The van der Waals surface area contributed by atoms with Gasteiger partial charge in [0, 0.05) is 18.8 Å². The summed E-state index contributed by atoms with van der Waals surface area (Å²) in [6.07, 6.45) is 2.74. The van der Waals surface area contributed by atoms with Gasteiger partial charge in [0.05, 0.1) is 17.6 Å². The smallest absolute Gasteiger partial charge is 0.123 e. The lowest BCUT2D eigenvalue weighted by atomic mass is 10.2. The Kier molecular flexibility index (Phi) is 3.57. The highest BCUT2D eigenvalue weighted by molar-refractivity contribution is 8.00. The van der Waals surface area contributed by atoms with Crippen molar-refractivity contribution in [1.82, 2.24) is 14.9 Å². The van der Waals surface area contributed by atoms with E-state index in [0.29, 0.717) is 0 Å². The van der Waals surface area contributed by atoms with Gasteiger partial charge in [0.1, 0.15) is 5.82 Å². The van der Waals surface area contributed by atoms with Gasteiger partial charge in [-0.25, -0.2) is 4.98 Å². The largest absolute Gasteiger partial charge is 0.330 e. The third-order valence-electron chi connectivity index (χ3n) is 3.56. The van der Waals surface area contributed by atoms with E-state index in [1.807, 2.05) is 6.07 Å². The van der Waals surface area contributed by atoms with Crippen LogP contribution in [-0.4, -0.2) is 27.1 Å². The molecule has 1 fully saturated rings. The summed E-state index contributed by atoms with van der Waals surface area (Å²) < 4.78 is 2.18.